The first kappa shape index (κ1) is 15.3. The molecule has 1 amide bonds. The van der Waals surface area contributed by atoms with Gasteiger partial charge in [0.2, 0.25) is 5.91 Å². The van der Waals surface area contributed by atoms with Gasteiger partial charge in [-0.05, 0) is 17.5 Å². The second-order valence-corrected chi connectivity index (χ2v) is 5.65. The predicted octanol–water partition coefficient (Wildman–Crippen LogP) is 2.39. The van der Waals surface area contributed by atoms with Crippen molar-refractivity contribution in [3.63, 3.8) is 0 Å². The fourth-order valence-corrected chi connectivity index (χ4v) is 2.57. The molecule has 114 valence electrons. The predicted molar refractivity (Wildman–Crippen MR) is 81.7 cm³/mol. The summed E-state index contributed by atoms with van der Waals surface area (Å²) in [7, 11) is 0. The van der Waals surface area contributed by atoms with Crippen LogP contribution in [0.3, 0.4) is 0 Å². The first-order valence-corrected chi connectivity index (χ1v) is 7.19. The van der Waals surface area contributed by atoms with E-state index < -0.39 is 0 Å². The molecule has 0 atom stereocenters. The Hall–Kier alpha value is -2.11. The van der Waals surface area contributed by atoms with E-state index in [9.17, 15) is 14.9 Å². The molecule has 0 bridgehead atoms. The molecule has 1 aliphatic heterocycles. The van der Waals surface area contributed by atoms with Gasteiger partial charge in [0.25, 0.3) is 5.69 Å². The van der Waals surface area contributed by atoms with E-state index in [1.807, 2.05) is 17.0 Å². The quantitative estimate of drug-likeness (QED) is 0.633. The molecule has 0 spiro atoms. The number of piperazine rings is 1. The minimum absolute atomic E-state index is 0.0556. The Morgan fingerprint density at radius 2 is 1.86 bits per heavy atom. The summed E-state index contributed by atoms with van der Waals surface area (Å²) in [5.74, 6) is 0.378. The molecule has 21 heavy (non-hydrogen) atoms. The highest BCUT2D eigenvalue weighted by atomic mass is 16.6. The van der Waals surface area contributed by atoms with E-state index in [1.54, 1.807) is 17.9 Å². The highest BCUT2D eigenvalue weighted by Crippen LogP contribution is 2.32. The zero-order chi connectivity index (χ0) is 15.6. The lowest BCUT2D eigenvalue weighted by Crippen LogP contribution is -2.48. The maximum atomic E-state index is 11.4. The molecule has 2 rings (SSSR count). The molecule has 0 aromatic heterocycles. The van der Waals surface area contributed by atoms with E-state index in [0.29, 0.717) is 37.8 Å². The molecule has 0 radical (unpaired) electrons. The third-order valence-corrected chi connectivity index (χ3v) is 3.93. The van der Waals surface area contributed by atoms with Crippen LogP contribution in [0, 0.1) is 10.1 Å². The van der Waals surface area contributed by atoms with Gasteiger partial charge in [0.05, 0.1) is 4.92 Å². The van der Waals surface area contributed by atoms with Crippen molar-refractivity contribution in [2.75, 3.05) is 31.1 Å². The Morgan fingerprint density at radius 1 is 1.24 bits per heavy atom. The van der Waals surface area contributed by atoms with Crippen molar-refractivity contribution in [2.45, 2.75) is 26.7 Å². The van der Waals surface area contributed by atoms with Gasteiger partial charge < -0.3 is 9.80 Å². The standard InChI is InChI=1S/C15H21N3O3/c1-11(2)13-4-5-14(18(20)21)15(10-13)17-8-6-16(7-9-17)12(3)19/h4-5,10-11H,6-9H2,1-3H3. The van der Waals surface area contributed by atoms with E-state index in [2.05, 4.69) is 13.8 Å². The van der Waals surface area contributed by atoms with Gasteiger partial charge in [-0.3, -0.25) is 14.9 Å². The molecule has 1 aliphatic rings. The van der Waals surface area contributed by atoms with E-state index >= 15 is 0 Å². The summed E-state index contributed by atoms with van der Waals surface area (Å²) >= 11 is 0. The molecule has 0 N–H and O–H groups in total. The van der Waals surface area contributed by atoms with Crippen LogP contribution >= 0.6 is 0 Å². The Labute approximate surface area is 124 Å². The van der Waals surface area contributed by atoms with Gasteiger partial charge >= 0.3 is 0 Å². The maximum Gasteiger partial charge on any atom is 0.292 e. The van der Waals surface area contributed by atoms with Crippen LogP contribution < -0.4 is 4.90 Å². The van der Waals surface area contributed by atoms with Gasteiger partial charge in [-0.2, -0.15) is 0 Å². The lowest BCUT2D eigenvalue weighted by atomic mass is 10.0. The summed E-state index contributed by atoms with van der Waals surface area (Å²) < 4.78 is 0. The molecule has 0 unspecified atom stereocenters. The largest absolute Gasteiger partial charge is 0.362 e. The number of nitro groups is 1. The van der Waals surface area contributed by atoms with E-state index in [-0.39, 0.29) is 16.5 Å². The average Bonchev–Trinajstić information content (AvgIpc) is 2.46. The number of nitrogens with zero attached hydrogens (tertiary/aromatic N) is 3. The zero-order valence-corrected chi connectivity index (χ0v) is 12.7. The van der Waals surface area contributed by atoms with Crippen molar-refractivity contribution < 1.29 is 9.72 Å². The number of anilines is 1. The highest BCUT2D eigenvalue weighted by molar-refractivity contribution is 5.74. The third-order valence-electron chi connectivity index (χ3n) is 3.93. The first-order chi connectivity index (χ1) is 9.90. The van der Waals surface area contributed by atoms with Gasteiger partial charge in [-0.25, -0.2) is 0 Å². The molecule has 6 heteroatoms. The molecule has 1 fully saturated rings. The molecule has 1 aromatic carbocycles. The average molecular weight is 291 g/mol. The number of rotatable bonds is 3. The minimum Gasteiger partial charge on any atom is -0.362 e. The smallest absolute Gasteiger partial charge is 0.292 e. The number of nitro benzene ring substituents is 1. The Morgan fingerprint density at radius 3 is 2.33 bits per heavy atom. The van der Waals surface area contributed by atoms with Crippen LogP contribution in [0.2, 0.25) is 0 Å². The van der Waals surface area contributed by atoms with E-state index in [1.165, 1.54) is 0 Å². The summed E-state index contributed by atoms with van der Waals surface area (Å²) in [6.07, 6.45) is 0. The molecule has 0 aliphatic carbocycles. The zero-order valence-electron chi connectivity index (χ0n) is 12.7. The van der Waals surface area contributed by atoms with Crippen LogP contribution in [0.25, 0.3) is 0 Å². The van der Waals surface area contributed by atoms with Gasteiger partial charge in [0.15, 0.2) is 0 Å². The van der Waals surface area contributed by atoms with Crippen molar-refractivity contribution in [2.24, 2.45) is 0 Å². The van der Waals surface area contributed by atoms with Crippen LogP contribution in [-0.4, -0.2) is 41.9 Å². The van der Waals surface area contributed by atoms with Crippen LogP contribution in [0.4, 0.5) is 11.4 Å². The topological polar surface area (TPSA) is 66.7 Å². The van der Waals surface area contributed by atoms with Crippen LogP contribution in [0.5, 0.6) is 0 Å². The van der Waals surface area contributed by atoms with Crippen LogP contribution in [0.1, 0.15) is 32.3 Å². The number of amides is 1. The molecule has 1 aromatic rings. The lowest BCUT2D eigenvalue weighted by Gasteiger charge is -2.35. The summed E-state index contributed by atoms with van der Waals surface area (Å²) in [6.45, 7) is 8.16. The second kappa shape index (κ2) is 6.11. The monoisotopic (exact) mass is 291 g/mol. The molecule has 0 saturated carbocycles. The second-order valence-electron chi connectivity index (χ2n) is 5.65. The molecule has 6 nitrogen and oxygen atoms in total. The number of carbonyl (C=O) groups is 1. The van der Waals surface area contributed by atoms with Crippen molar-refractivity contribution in [1.82, 2.24) is 4.90 Å². The lowest BCUT2D eigenvalue weighted by molar-refractivity contribution is -0.384. The van der Waals surface area contributed by atoms with Gasteiger partial charge in [0.1, 0.15) is 5.69 Å². The first-order valence-electron chi connectivity index (χ1n) is 7.19. The normalized spacial score (nSPS) is 15.4. The molecular weight excluding hydrogens is 270 g/mol. The number of hydrogen-bond donors (Lipinski definition) is 0. The summed E-state index contributed by atoms with van der Waals surface area (Å²) in [5.41, 5.74) is 1.88. The third kappa shape index (κ3) is 3.32. The van der Waals surface area contributed by atoms with E-state index in [4.69, 9.17) is 0 Å². The van der Waals surface area contributed by atoms with Gasteiger partial charge in [-0.1, -0.05) is 19.9 Å². The number of benzene rings is 1. The fraction of sp³-hybridized carbons (Fsp3) is 0.533. The maximum absolute atomic E-state index is 11.4. The van der Waals surface area contributed by atoms with Gasteiger partial charge in [0, 0.05) is 39.2 Å². The molecular formula is C15H21N3O3. The SMILES string of the molecule is CC(=O)N1CCN(c2cc(C(C)C)ccc2[N+](=O)[O-])CC1. The molecule has 1 saturated heterocycles. The Bertz CT molecular complexity index is 549. The van der Waals surface area contributed by atoms with Crippen molar-refractivity contribution in [3.05, 3.63) is 33.9 Å². The number of carbonyl (C=O) groups excluding carboxylic acids is 1. The number of hydrogen-bond acceptors (Lipinski definition) is 4. The Kier molecular flexibility index (Phi) is 4.45. The van der Waals surface area contributed by atoms with Gasteiger partial charge in [-0.15, -0.1) is 0 Å². The highest BCUT2D eigenvalue weighted by Gasteiger charge is 2.25. The minimum atomic E-state index is -0.337. The molecule has 1 heterocycles. The Balaban J connectivity index is 2.27. The van der Waals surface area contributed by atoms with Crippen molar-refractivity contribution in [3.8, 4) is 0 Å². The van der Waals surface area contributed by atoms with Crippen molar-refractivity contribution >= 4 is 17.3 Å². The van der Waals surface area contributed by atoms with Crippen molar-refractivity contribution in [1.29, 1.82) is 0 Å². The van der Waals surface area contributed by atoms with Crippen LogP contribution in [0.15, 0.2) is 18.2 Å². The summed E-state index contributed by atoms with van der Waals surface area (Å²) in [5, 5.41) is 11.2. The van der Waals surface area contributed by atoms with Crippen LogP contribution in [-0.2, 0) is 4.79 Å². The summed E-state index contributed by atoms with van der Waals surface area (Å²) in [4.78, 5) is 26.0. The van der Waals surface area contributed by atoms with E-state index in [0.717, 1.165) is 5.56 Å². The fourth-order valence-electron chi connectivity index (χ4n) is 2.57. The summed E-state index contributed by atoms with van der Waals surface area (Å²) in [6, 6.07) is 5.31.